The molecule has 1 aliphatic heterocycles. The van der Waals surface area contributed by atoms with Crippen molar-refractivity contribution in [2.75, 3.05) is 26.2 Å². The Labute approximate surface area is 153 Å². The van der Waals surface area contributed by atoms with Crippen molar-refractivity contribution >= 4 is 10.0 Å². The van der Waals surface area contributed by atoms with Crippen LogP contribution in [0.4, 0.5) is 4.39 Å². The van der Waals surface area contributed by atoms with Gasteiger partial charge in [0.2, 0.25) is 10.0 Å². The highest BCUT2D eigenvalue weighted by molar-refractivity contribution is 7.89. The smallest absolute Gasteiger partial charge is 0.246 e. The monoisotopic (exact) mass is 373 g/mol. The summed E-state index contributed by atoms with van der Waals surface area (Å²) in [5.41, 5.74) is 1.70. The first-order valence-electron chi connectivity index (χ1n) is 8.47. The number of nitriles is 1. The van der Waals surface area contributed by atoms with E-state index in [1.807, 2.05) is 12.1 Å². The molecule has 1 saturated heterocycles. The van der Waals surface area contributed by atoms with Crippen molar-refractivity contribution in [2.24, 2.45) is 0 Å². The van der Waals surface area contributed by atoms with E-state index >= 15 is 0 Å². The number of benzene rings is 2. The summed E-state index contributed by atoms with van der Waals surface area (Å²) in [5.74, 6) is -0.716. The first kappa shape index (κ1) is 18.5. The number of sulfonamides is 1. The number of rotatable bonds is 4. The lowest BCUT2D eigenvalue weighted by Gasteiger charge is -2.22. The molecule has 1 heterocycles. The number of nitrogens with zero attached hydrogens (tertiary/aromatic N) is 3. The van der Waals surface area contributed by atoms with Crippen molar-refractivity contribution in [3.8, 4) is 6.07 Å². The van der Waals surface area contributed by atoms with E-state index in [1.54, 1.807) is 12.1 Å². The van der Waals surface area contributed by atoms with Crippen LogP contribution in [0.1, 0.15) is 17.5 Å². The second kappa shape index (κ2) is 7.96. The van der Waals surface area contributed by atoms with Crippen molar-refractivity contribution in [1.82, 2.24) is 9.21 Å². The van der Waals surface area contributed by atoms with E-state index in [1.165, 1.54) is 28.6 Å². The van der Waals surface area contributed by atoms with E-state index in [0.717, 1.165) is 12.1 Å². The van der Waals surface area contributed by atoms with Gasteiger partial charge in [-0.3, -0.25) is 4.90 Å². The van der Waals surface area contributed by atoms with Crippen LogP contribution in [0.2, 0.25) is 0 Å². The molecule has 0 amide bonds. The van der Waals surface area contributed by atoms with Gasteiger partial charge in [0.25, 0.3) is 0 Å². The van der Waals surface area contributed by atoms with Gasteiger partial charge in [-0.1, -0.05) is 24.3 Å². The molecule has 0 spiro atoms. The quantitative estimate of drug-likeness (QED) is 0.826. The third-order valence-corrected chi connectivity index (χ3v) is 6.42. The van der Waals surface area contributed by atoms with Gasteiger partial charge in [0.1, 0.15) is 10.7 Å². The van der Waals surface area contributed by atoms with Crippen LogP contribution in [-0.2, 0) is 16.6 Å². The van der Waals surface area contributed by atoms with Crippen LogP contribution in [0.25, 0.3) is 0 Å². The highest BCUT2D eigenvalue weighted by atomic mass is 32.2. The molecule has 26 heavy (non-hydrogen) atoms. The molecule has 0 atom stereocenters. The average molecular weight is 373 g/mol. The van der Waals surface area contributed by atoms with E-state index in [-0.39, 0.29) is 4.90 Å². The van der Waals surface area contributed by atoms with Gasteiger partial charge in [-0.15, -0.1) is 0 Å². The maximum absolute atomic E-state index is 13.9. The second-order valence-corrected chi connectivity index (χ2v) is 8.18. The van der Waals surface area contributed by atoms with Gasteiger partial charge in [0.15, 0.2) is 0 Å². The van der Waals surface area contributed by atoms with Crippen molar-refractivity contribution in [1.29, 1.82) is 5.26 Å². The molecule has 136 valence electrons. The standard InChI is InChI=1S/C19H20FN3O2S/c20-18-4-1-2-5-19(18)26(24,25)23-11-3-10-22(12-13-23)15-17-8-6-16(14-21)7-9-17/h1-2,4-9H,3,10-13,15H2. The topological polar surface area (TPSA) is 64.4 Å². The zero-order valence-electron chi connectivity index (χ0n) is 14.3. The molecular weight excluding hydrogens is 353 g/mol. The average Bonchev–Trinajstić information content (AvgIpc) is 2.89. The van der Waals surface area contributed by atoms with Gasteiger partial charge in [0.05, 0.1) is 11.6 Å². The Morgan fingerprint density at radius 3 is 2.42 bits per heavy atom. The molecule has 0 bridgehead atoms. The summed E-state index contributed by atoms with van der Waals surface area (Å²) in [7, 11) is -3.83. The number of hydrogen-bond acceptors (Lipinski definition) is 4. The minimum absolute atomic E-state index is 0.263. The van der Waals surface area contributed by atoms with Crippen LogP contribution in [-0.4, -0.2) is 43.8 Å². The van der Waals surface area contributed by atoms with Crippen molar-refractivity contribution in [3.05, 3.63) is 65.5 Å². The molecule has 7 heteroatoms. The summed E-state index contributed by atoms with van der Waals surface area (Å²) >= 11 is 0. The predicted octanol–water partition coefficient (Wildman–Crippen LogP) is 2.59. The minimum atomic E-state index is -3.83. The van der Waals surface area contributed by atoms with Gasteiger partial charge in [-0.05, 0) is 42.8 Å². The highest BCUT2D eigenvalue weighted by Gasteiger charge is 2.29. The molecule has 3 rings (SSSR count). The molecule has 0 saturated carbocycles. The van der Waals surface area contributed by atoms with Crippen LogP contribution >= 0.6 is 0 Å². The molecule has 2 aromatic rings. The molecule has 0 unspecified atom stereocenters. The normalized spacial score (nSPS) is 16.8. The maximum atomic E-state index is 13.9. The Morgan fingerprint density at radius 2 is 1.73 bits per heavy atom. The molecule has 1 aliphatic rings. The van der Waals surface area contributed by atoms with Crippen LogP contribution < -0.4 is 0 Å². The molecule has 0 N–H and O–H groups in total. The third-order valence-electron chi connectivity index (χ3n) is 4.49. The summed E-state index contributed by atoms with van der Waals surface area (Å²) in [6, 6.07) is 15.0. The third kappa shape index (κ3) is 4.10. The first-order valence-corrected chi connectivity index (χ1v) is 9.91. The van der Waals surface area contributed by atoms with Gasteiger partial charge in [0, 0.05) is 26.2 Å². The Morgan fingerprint density at radius 1 is 1.00 bits per heavy atom. The second-order valence-electron chi connectivity index (χ2n) is 6.27. The predicted molar refractivity (Wildman–Crippen MR) is 96.2 cm³/mol. The zero-order chi connectivity index (χ0) is 18.6. The fraction of sp³-hybridized carbons (Fsp3) is 0.316. The van der Waals surface area contributed by atoms with Gasteiger partial charge in [-0.25, -0.2) is 12.8 Å². The Bertz CT molecular complexity index is 907. The van der Waals surface area contributed by atoms with Gasteiger partial charge in [-0.2, -0.15) is 9.57 Å². The lowest BCUT2D eigenvalue weighted by molar-refractivity contribution is 0.278. The van der Waals surface area contributed by atoms with Crippen molar-refractivity contribution in [2.45, 2.75) is 17.9 Å². The summed E-state index contributed by atoms with van der Waals surface area (Å²) < 4.78 is 40.8. The van der Waals surface area contributed by atoms with Gasteiger partial charge >= 0.3 is 0 Å². The lowest BCUT2D eigenvalue weighted by Crippen LogP contribution is -2.35. The summed E-state index contributed by atoms with van der Waals surface area (Å²) in [6.07, 6.45) is 0.684. The number of halogens is 1. The molecule has 5 nitrogen and oxygen atoms in total. The summed E-state index contributed by atoms with van der Waals surface area (Å²) in [4.78, 5) is 1.92. The van der Waals surface area contributed by atoms with E-state index in [4.69, 9.17) is 5.26 Å². The molecule has 2 aromatic carbocycles. The summed E-state index contributed by atoms with van der Waals surface area (Å²) in [6.45, 7) is 2.74. The van der Waals surface area contributed by atoms with Crippen LogP contribution in [0, 0.1) is 17.1 Å². The van der Waals surface area contributed by atoms with Crippen molar-refractivity contribution in [3.63, 3.8) is 0 Å². The largest absolute Gasteiger partial charge is 0.298 e. The molecule has 1 fully saturated rings. The van der Waals surface area contributed by atoms with Crippen LogP contribution in [0.15, 0.2) is 53.4 Å². The molecular formula is C19H20FN3O2S. The van der Waals surface area contributed by atoms with E-state index in [9.17, 15) is 12.8 Å². The minimum Gasteiger partial charge on any atom is -0.298 e. The molecule has 0 radical (unpaired) electrons. The maximum Gasteiger partial charge on any atom is 0.246 e. The van der Waals surface area contributed by atoms with Crippen LogP contribution in [0.5, 0.6) is 0 Å². The van der Waals surface area contributed by atoms with Gasteiger partial charge < -0.3 is 0 Å². The highest BCUT2D eigenvalue weighted by Crippen LogP contribution is 2.21. The Kier molecular flexibility index (Phi) is 5.67. The number of hydrogen-bond donors (Lipinski definition) is 0. The summed E-state index contributed by atoms with van der Waals surface area (Å²) in [5, 5.41) is 8.86. The fourth-order valence-corrected chi connectivity index (χ4v) is 4.62. The SMILES string of the molecule is N#Cc1ccc(CN2CCCN(S(=O)(=O)c3ccccc3F)CC2)cc1. The molecule has 0 aromatic heterocycles. The van der Waals surface area contributed by atoms with E-state index in [2.05, 4.69) is 11.0 Å². The van der Waals surface area contributed by atoms with Crippen molar-refractivity contribution < 1.29 is 12.8 Å². The Hall–Kier alpha value is -2.27. The zero-order valence-corrected chi connectivity index (χ0v) is 15.1. The molecule has 0 aliphatic carbocycles. The Balaban J connectivity index is 1.68. The fourth-order valence-electron chi connectivity index (χ4n) is 3.08. The lowest BCUT2D eigenvalue weighted by atomic mass is 10.1. The van der Waals surface area contributed by atoms with E-state index < -0.39 is 15.8 Å². The first-order chi connectivity index (χ1) is 12.5. The van der Waals surface area contributed by atoms with E-state index in [0.29, 0.717) is 38.2 Å². The van der Waals surface area contributed by atoms with Crippen LogP contribution in [0.3, 0.4) is 0 Å².